The van der Waals surface area contributed by atoms with Crippen LogP contribution in [0.1, 0.15) is 13.3 Å². The van der Waals surface area contributed by atoms with Crippen LogP contribution < -0.4 is 4.90 Å². The predicted octanol–water partition coefficient (Wildman–Crippen LogP) is 0.844. The molecule has 2 aromatic heterocycles. The molecule has 0 bridgehead atoms. The molecule has 2 aromatic rings. The second kappa shape index (κ2) is 9.84. The Balaban J connectivity index is 1.47. The number of carbonyl (C=O) groups is 3. The standard InChI is InChI=1S/C19H21N7O5S3/c1-11(32)26(12-2-5-20-6-3-12)14-15(29)24-8-19(17(30)31,9-33-16(14)24)10-34-18-21-22-23-25(18)7-4-13(27)28/h2-3,5-6,14,16H,4,7-10H2,1H3,(H,27,28)(H,30,31)/t14?,16-,19?/m1/s1. The molecule has 4 rings (SSSR count). The SMILES string of the molecule is CC(=S)N(c1ccncc1)C1C(=O)N2CC(CSc3nnnn3CCC(=O)O)(C(=O)O)CS[C@H]12. The monoisotopic (exact) mass is 523 g/mol. The minimum absolute atomic E-state index is 0.0552. The Kier molecular flexibility index (Phi) is 7.04. The number of tetrazole rings is 1. The zero-order valence-corrected chi connectivity index (χ0v) is 20.4. The third-order valence-corrected chi connectivity index (χ3v) is 8.66. The zero-order chi connectivity index (χ0) is 24.5. The molecule has 180 valence electrons. The Hall–Kier alpha value is -2.78. The van der Waals surface area contributed by atoms with Gasteiger partial charge in [0.15, 0.2) is 0 Å². The molecular formula is C19H21N7O5S3. The molecule has 0 spiro atoms. The third kappa shape index (κ3) is 4.59. The molecule has 2 fully saturated rings. The van der Waals surface area contributed by atoms with E-state index in [2.05, 4.69) is 20.5 Å². The van der Waals surface area contributed by atoms with E-state index >= 15 is 0 Å². The Bertz CT molecular complexity index is 1120. The fourth-order valence-corrected chi connectivity index (χ4v) is 6.90. The lowest BCUT2D eigenvalue weighted by atomic mass is 9.89. The van der Waals surface area contributed by atoms with Crippen molar-refractivity contribution in [2.45, 2.75) is 36.5 Å². The van der Waals surface area contributed by atoms with E-state index in [-0.39, 0.29) is 42.3 Å². The molecule has 15 heteroatoms. The number of anilines is 1. The molecule has 0 aliphatic carbocycles. The van der Waals surface area contributed by atoms with E-state index in [9.17, 15) is 19.5 Å². The van der Waals surface area contributed by atoms with Crippen LogP contribution in [0.2, 0.25) is 0 Å². The van der Waals surface area contributed by atoms with Gasteiger partial charge < -0.3 is 20.0 Å². The van der Waals surface area contributed by atoms with E-state index in [1.54, 1.807) is 41.2 Å². The maximum atomic E-state index is 13.2. The van der Waals surface area contributed by atoms with Crippen molar-refractivity contribution in [2.24, 2.45) is 5.41 Å². The largest absolute Gasteiger partial charge is 0.481 e. The van der Waals surface area contributed by atoms with Gasteiger partial charge in [-0.1, -0.05) is 24.0 Å². The summed E-state index contributed by atoms with van der Waals surface area (Å²) in [5.41, 5.74) is -0.440. The average molecular weight is 524 g/mol. The summed E-state index contributed by atoms with van der Waals surface area (Å²) in [6.07, 6.45) is 3.11. The number of hydrogen-bond acceptors (Lipinski definition) is 10. The molecule has 2 aliphatic rings. The van der Waals surface area contributed by atoms with Crippen molar-refractivity contribution in [3.8, 4) is 0 Å². The lowest BCUT2D eigenvalue weighted by Gasteiger charge is -2.56. The molecule has 0 radical (unpaired) electrons. The Morgan fingerprint density at radius 3 is 2.74 bits per heavy atom. The van der Waals surface area contributed by atoms with Crippen molar-refractivity contribution in [2.75, 3.05) is 23.0 Å². The van der Waals surface area contributed by atoms with E-state index in [0.717, 1.165) is 17.4 Å². The first kappa shape index (κ1) is 24.3. The van der Waals surface area contributed by atoms with E-state index in [4.69, 9.17) is 17.3 Å². The lowest BCUT2D eigenvalue weighted by molar-refractivity contribution is -0.155. The highest BCUT2D eigenvalue weighted by molar-refractivity contribution is 8.00. The second-order valence-electron chi connectivity index (χ2n) is 7.91. The molecule has 2 aliphatic heterocycles. The molecule has 2 unspecified atom stereocenters. The van der Waals surface area contributed by atoms with Gasteiger partial charge in [-0.15, -0.1) is 16.9 Å². The molecule has 0 saturated carbocycles. The molecule has 1 amide bonds. The number of hydrogen-bond donors (Lipinski definition) is 2. The molecular weight excluding hydrogens is 502 g/mol. The van der Waals surface area contributed by atoms with Crippen LogP contribution in [-0.4, -0.2) is 92.6 Å². The quantitative estimate of drug-likeness (QED) is 0.271. The number of thioether (sulfide) groups is 2. The number of carbonyl (C=O) groups excluding carboxylic acids is 1. The van der Waals surface area contributed by atoms with Crippen molar-refractivity contribution in [1.29, 1.82) is 0 Å². The highest BCUT2D eigenvalue weighted by Gasteiger charge is 2.59. The summed E-state index contributed by atoms with van der Waals surface area (Å²) in [7, 11) is 0. The Morgan fingerprint density at radius 1 is 1.35 bits per heavy atom. The van der Waals surface area contributed by atoms with E-state index in [1.807, 2.05) is 0 Å². The van der Waals surface area contributed by atoms with Gasteiger partial charge >= 0.3 is 11.9 Å². The number of rotatable bonds is 9. The van der Waals surface area contributed by atoms with Crippen LogP contribution >= 0.6 is 35.7 Å². The maximum Gasteiger partial charge on any atom is 0.313 e. The van der Waals surface area contributed by atoms with E-state index < -0.39 is 23.4 Å². The van der Waals surface area contributed by atoms with Gasteiger partial charge in [0, 0.05) is 36.1 Å². The fourth-order valence-electron chi connectivity index (χ4n) is 3.87. The number of fused-ring (bicyclic) bond motifs is 1. The van der Waals surface area contributed by atoms with Crippen LogP contribution in [0.5, 0.6) is 0 Å². The van der Waals surface area contributed by atoms with Gasteiger partial charge in [0.2, 0.25) is 11.1 Å². The lowest BCUT2D eigenvalue weighted by Crippen LogP contribution is -2.74. The van der Waals surface area contributed by atoms with Crippen LogP contribution in [0.15, 0.2) is 29.7 Å². The number of carboxylic acid groups (broad SMARTS) is 2. The zero-order valence-electron chi connectivity index (χ0n) is 18.0. The summed E-state index contributed by atoms with van der Waals surface area (Å²) >= 11 is 7.97. The second-order valence-corrected chi connectivity index (χ2v) is 10.5. The van der Waals surface area contributed by atoms with Crippen molar-refractivity contribution < 1.29 is 24.6 Å². The minimum Gasteiger partial charge on any atom is -0.481 e. The average Bonchev–Trinajstić information content (AvgIpc) is 3.27. The molecule has 4 heterocycles. The summed E-state index contributed by atoms with van der Waals surface area (Å²) in [5.74, 6) is -1.76. The van der Waals surface area contributed by atoms with Gasteiger partial charge in [0.05, 0.1) is 18.0 Å². The van der Waals surface area contributed by atoms with E-state index in [0.29, 0.717) is 10.1 Å². The van der Waals surface area contributed by atoms with Crippen LogP contribution in [0.25, 0.3) is 0 Å². The van der Waals surface area contributed by atoms with Crippen molar-refractivity contribution in [3.05, 3.63) is 24.5 Å². The number of aromatic nitrogens is 5. The molecule has 3 atom stereocenters. The molecule has 2 N–H and O–H groups in total. The van der Waals surface area contributed by atoms with Crippen LogP contribution in [0, 0.1) is 5.41 Å². The summed E-state index contributed by atoms with van der Waals surface area (Å²) < 4.78 is 1.34. The third-order valence-electron chi connectivity index (χ3n) is 5.64. The molecule has 0 aromatic carbocycles. The first-order valence-electron chi connectivity index (χ1n) is 10.2. The number of nitrogens with zero attached hydrogens (tertiary/aromatic N) is 7. The number of aryl methyl sites for hydroxylation is 1. The fraction of sp³-hybridized carbons (Fsp3) is 0.474. The van der Waals surface area contributed by atoms with Crippen LogP contribution in [0.4, 0.5) is 5.69 Å². The number of amides is 1. The highest BCUT2D eigenvalue weighted by atomic mass is 32.2. The normalized spacial score (nSPS) is 23.7. The van der Waals surface area contributed by atoms with Crippen LogP contribution in [0.3, 0.4) is 0 Å². The van der Waals surface area contributed by atoms with Crippen LogP contribution in [-0.2, 0) is 20.9 Å². The molecule has 12 nitrogen and oxygen atoms in total. The van der Waals surface area contributed by atoms with Gasteiger partial charge in [-0.05, 0) is 29.5 Å². The Morgan fingerprint density at radius 2 is 2.09 bits per heavy atom. The minimum atomic E-state index is -1.20. The molecule has 34 heavy (non-hydrogen) atoms. The Labute approximate surface area is 208 Å². The topological polar surface area (TPSA) is 155 Å². The highest BCUT2D eigenvalue weighted by Crippen LogP contribution is 2.46. The van der Waals surface area contributed by atoms with E-state index in [1.165, 1.54) is 16.4 Å². The number of carboxylic acids is 2. The van der Waals surface area contributed by atoms with Gasteiger partial charge in [-0.2, -0.15) is 0 Å². The number of pyridine rings is 1. The smallest absolute Gasteiger partial charge is 0.313 e. The first-order valence-corrected chi connectivity index (χ1v) is 12.6. The number of β-lactam (4-membered cyclic amide) rings is 1. The predicted molar refractivity (Wildman–Crippen MR) is 128 cm³/mol. The number of thiocarbonyl (C=S) groups is 1. The number of aliphatic carboxylic acids is 2. The summed E-state index contributed by atoms with van der Waals surface area (Å²) in [4.78, 5) is 44.3. The first-order chi connectivity index (χ1) is 16.2. The van der Waals surface area contributed by atoms with Gasteiger partial charge in [0.25, 0.3) is 0 Å². The summed E-state index contributed by atoms with van der Waals surface area (Å²) in [5, 5.41) is 30.3. The summed E-state index contributed by atoms with van der Waals surface area (Å²) in [6, 6.07) is 3.06. The van der Waals surface area contributed by atoms with Gasteiger partial charge in [-0.25, -0.2) is 4.68 Å². The van der Waals surface area contributed by atoms with Crippen molar-refractivity contribution in [1.82, 2.24) is 30.1 Å². The van der Waals surface area contributed by atoms with Crippen molar-refractivity contribution in [3.63, 3.8) is 0 Å². The van der Waals surface area contributed by atoms with Gasteiger partial charge in [0.1, 0.15) is 16.8 Å². The van der Waals surface area contributed by atoms with Gasteiger partial charge in [-0.3, -0.25) is 19.4 Å². The summed E-state index contributed by atoms with van der Waals surface area (Å²) in [6.45, 7) is 1.89. The maximum absolute atomic E-state index is 13.2. The molecule has 2 saturated heterocycles. The van der Waals surface area contributed by atoms with Crippen molar-refractivity contribution >= 4 is 64.3 Å².